The Morgan fingerprint density at radius 1 is 1.00 bits per heavy atom. The fraction of sp³-hybridized carbons (Fsp3) is 1.00. The second-order valence-electron chi connectivity index (χ2n) is 0.780. The summed E-state index contributed by atoms with van der Waals surface area (Å²) < 4.78 is 0. The average Bonchev–Trinajstić information content (AvgIpc) is 1.76. The van der Waals surface area contributed by atoms with Gasteiger partial charge in [0.25, 0.3) is 0 Å². The highest BCUT2D eigenvalue weighted by Crippen LogP contribution is 2.72. The maximum Gasteiger partial charge on any atom is -0.00961 e. The van der Waals surface area contributed by atoms with Crippen LogP contribution in [-0.2, 0) is 0 Å². The first-order chi connectivity index (χ1) is 2.50. The summed E-state index contributed by atoms with van der Waals surface area (Å²) in [5.74, 6) is 1.58. The van der Waals surface area contributed by atoms with Gasteiger partial charge in [-0.2, -0.15) is 0 Å². The first-order valence-electron chi connectivity index (χ1n) is 1.46. The molecule has 0 nitrogen and oxygen atoms in total. The lowest BCUT2D eigenvalue weighted by Crippen LogP contribution is -1.29. The quantitative estimate of drug-likeness (QED) is 0.455. The molecule has 4 unspecified atom stereocenters. The van der Waals surface area contributed by atoms with Crippen LogP contribution in [0.3, 0.4) is 0 Å². The van der Waals surface area contributed by atoms with Crippen LogP contribution in [0.4, 0.5) is 0 Å². The Balaban J connectivity index is 2.08. The molecule has 0 radical (unpaired) electrons. The molecule has 1 aliphatic rings. The molecule has 5 heavy (non-hydrogen) atoms. The summed E-state index contributed by atoms with van der Waals surface area (Å²) in [7, 11) is 5.48. The third-order valence-corrected chi connectivity index (χ3v) is 14.6. The van der Waals surface area contributed by atoms with Crippen LogP contribution in [0.5, 0.6) is 0 Å². The summed E-state index contributed by atoms with van der Waals surface area (Å²) >= 11 is 0. The largest absolute Gasteiger partial charge is 0.0902 e. The highest BCUT2D eigenvalue weighted by molar-refractivity contribution is 8.64. The molecule has 4 atom stereocenters. The van der Waals surface area contributed by atoms with Crippen LogP contribution in [0, 0.1) is 0 Å². The molecular formula is CH6P4. The zero-order valence-corrected chi connectivity index (χ0v) is 6.71. The third kappa shape index (κ3) is 1.75. The summed E-state index contributed by atoms with van der Waals surface area (Å²) in [5, 5.41) is 0. The second-order valence-corrected chi connectivity index (χ2v) is 11.5. The van der Waals surface area contributed by atoms with E-state index < -0.39 is 0 Å². The molecule has 0 bridgehead atoms. The van der Waals surface area contributed by atoms with Gasteiger partial charge in [-0.3, -0.25) is 0 Å². The first kappa shape index (κ1) is 4.87. The fourth-order valence-corrected chi connectivity index (χ4v) is 17.9. The van der Waals surface area contributed by atoms with Crippen LogP contribution in [0.25, 0.3) is 0 Å². The zero-order valence-electron chi connectivity index (χ0n) is 2.71. The van der Waals surface area contributed by atoms with E-state index in [9.17, 15) is 0 Å². The van der Waals surface area contributed by atoms with Gasteiger partial charge in [0.1, 0.15) is 0 Å². The minimum Gasteiger partial charge on any atom is -0.0902 e. The van der Waals surface area contributed by atoms with Gasteiger partial charge in [0.15, 0.2) is 0 Å². The van der Waals surface area contributed by atoms with Gasteiger partial charge < -0.3 is 0 Å². The molecule has 1 heterocycles. The molecule has 0 aliphatic carbocycles. The molecule has 0 N–H and O–H groups in total. The number of hydrogen-bond acceptors (Lipinski definition) is 0. The molecule has 0 aromatic carbocycles. The minimum absolute atomic E-state index is 1.36. The van der Waals surface area contributed by atoms with Crippen molar-refractivity contribution in [3.05, 3.63) is 0 Å². The average molecular weight is 142 g/mol. The number of rotatable bonds is 0. The fourth-order valence-electron chi connectivity index (χ4n) is 0.221. The van der Waals surface area contributed by atoms with Crippen molar-refractivity contribution in [2.75, 3.05) is 5.90 Å². The van der Waals surface area contributed by atoms with E-state index in [1.165, 1.54) is 32.5 Å². The van der Waals surface area contributed by atoms with Gasteiger partial charge in [-0.05, 0) is 5.90 Å². The van der Waals surface area contributed by atoms with Crippen LogP contribution in [0.1, 0.15) is 0 Å². The van der Waals surface area contributed by atoms with Crippen LogP contribution >= 0.6 is 32.5 Å². The molecule has 1 aliphatic heterocycles. The molecule has 0 spiro atoms. The Hall–Kier alpha value is 1.72. The second kappa shape index (κ2) is 2.82. The monoisotopic (exact) mass is 142 g/mol. The van der Waals surface area contributed by atoms with Crippen molar-refractivity contribution in [3.8, 4) is 0 Å². The molecule has 1 saturated heterocycles. The topological polar surface area (TPSA) is 0 Å². The predicted octanol–water partition coefficient (Wildman–Crippen LogP) is 2.42. The van der Waals surface area contributed by atoms with Gasteiger partial charge in [0.2, 0.25) is 0 Å². The van der Waals surface area contributed by atoms with Crippen LogP contribution in [0.15, 0.2) is 0 Å². The molecule has 1 rings (SSSR count). The molecular weight excluding hydrogens is 136 g/mol. The zero-order chi connectivity index (χ0) is 3.54. The smallest absolute Gasteiger partial charge is 0.00961 e. The summed E-state index contributed by atoms with van der Waals surface area (Å²) in [5.41, 5.74) is 0. The normalized spacial score (nSPS) is 43.2. The molecule has 0 amide bonds. The van der Waals surface area contributed by atoms with E-state index in [-0.39, 0.29) is 0 Å². The SMILES string of the molecule is C1PPPP1. The van der Waals surface area contributed by atoms with Crippen LogP contribution in [-0.4, -0.2) is 5.90 Å². The Labute approximate surface area is 39.1 Å². The Kier molecular flexibility index (Phi) is 2.75. The summed E-state index contributed by atoms with van der Waals surface area (Å²) in [6, 6.07) is 0. The van der Waals surface area contributed by atoms with Crippen molar-refractivity contribution in [2.24, 2.45) is 0 Å². The summed E-state index contributed by atoms with van der Waals surface area (Å²) in [6.45, 7) is 0. The lowest BCUT2D eigenvalue weighted by molar-refractivity contribution is 2.30. The highest BCUT2D eigenvalue weighted by Gasteiger charge is 1.94. The van der Waals surface area contributed by atoms with E-state index in [1.54, 1.807) is 5.90 Å². The van der Waals surface area contributed by atoms with E-state index in [4.69, 9.17) is 0 Å². The lowest BCUT2D eigenvalue weighted by Gasteiger charge is -1.69. The van der Waals surface area contributed by atoms with Gasteiger partial charge in [0.05, 0.1) is 0 Å². The standard InChI is InChI=1S/CH6P4/c1-2-4-5-3-1/h2-5H,1H2. The van der Waals surface area contributed by atoms with Crippen molar-refractivity contribution in [3.63, 3.8) is 0 Å². The van der Waals surface area contributed by atoms with Crippen molar-refractivity contribution in [1.82, 2.24) is 0 Å². The molecule has 0 aromatic rings. The Morgan fingerprint density at radius 2 is 1.60 bits per heavy atom. The van der Waals surface area contributed by atoms with Crippen molar-refractivity contribution in [2.45, 2.75) is 0 Å². The van der Waals surface area contributed by atoms with Gasteiger partial charge in [-0.15, -0.1) is 0 Å². The van der Waals surface area contributed by atoms with E-state index in [0.29, 0.717) is 0 Å². The van der Waals surface area contributed by atoms with E-state index in [0.717, 1.165) is 0 Å². The maximum absolute atomic E-state index is 1.58. The first-order valence-corrected chi connectivity index (χ1v) is 8.87. The molecule has 4 heteroatoms. The summed E-state index contributed by atoms with van der Waals surface area (Å²) in [4.78, 5) is 0. The Morgan fingerprint density at radius 3 is 1.80 bits per heavy atom. The number of hydrogen-bond donors (Lipinski definition) is 0. The van der Waals surface area contributed by atoms with E-state index >= 15 is 0 Å². The van der Waals surface area contributed by atoms with Gasteiger partial charge in [-0.25, -0.2) is 0 Å². The van der Waals surface area contributed by atoms with E-state index in [2.05, 4.69) is 0 Å². The van der Waals surface area contributed by atoms with Crippen molar-refractivity contribution >= 4 is 32.5 Å². The lowest BCUT2D eigenvalue weighted by atomic mass is 11.9. The molecule has 1 fully saturated rings. The highest BCUT2D eigenvalue weighted by atomic mass is 32.6. The van der Waals surface area contributed by atoms with Crippen LogP contribution < -0.4 is 0 Å². The van der Waals surface area contributed by atoms with E-state index in [1.807, 2.05) is 0 Å². The summed E-state index contributed by atoms with van der Waals surface area (Å²) in [6.07, 6.45) is 0. The van der Waals surface area contributed by atoms with Crippen molar-refractivity contribution < 1.29 is 0 Å². The Bertz CT molecular complexity index is 15.2. The maximum atomic E-state index is 1.58. The van der Waals surface area contributed by atoms with Gasteiger partial charge in [-0.1, -0.05) is 32.5 Å². The van der Waals surface area contributed by atoms with Gasteiger partial charge in [0, 0.05) is 0 Å². The van der Waals surface area contributed by atoms with Crippen LogP contribution in [0.2, 0.25) is 0 Å². The van der Waals surface area contributed by atoms with Gasteiger partial charge >= 0.3 is 0 Å². The molecule has 0 saturated carbocycles. The van der Waals surface area contributed by atoms with Crippen molar-refractivity contribution in [1.29, 1.82) is 0 Å². The minimum atomic E-state index is 1.36. The molecule has 0 aromatic heterocycles. The molecule has 30 valence electrons. The predicted molar refractivity (Wildman–Crippen MR) is 38.1 cm³/mol. The third-order valence-electron chi connectivity index (χ3n) is 0.416.